The first kappa shape index (κ1) is 28.3. The van der Waals surface area contributed by atoms with Crippen LogP contribution in [0.5, 0.6) is 0 Å². The van der Waals surface area contributed by atoms with E-state index in [-0.39, 0.29) is 10.8 Å². The van der Waals surface area contributed by atoms with E-state index in [1.807, 2.05) is 0 Å². The number of fused-ring (bicyclic) bond motifs is 8. The molecule has 1 unspecified atom stereocenters. The van der Waals surface area contributed by atoms with Crippen LogP contribution in [0.2, 0.25) is 0 Å². The molecule has 0 N–H and O–H groups in total. The molecule has 10 rings (SSSR count). The number of benzene rings is 8. The fraction of sp³-hybridized carbons (Fsp3) is 0.102. The van der Waals surface area contributed by atoms with Crippen molar-refractivity contribution in [2.24, 2.45) is 0 Å². The second-order valence-electron chi connectivity index (χ2n) is 14.7. The van der Waals surface area contributed by atoms with Crippen LogP contribution in [0.3, 0.4) is 0 Å². The Morgan fingerprint density at radius 2 is 0.796 bits per heavy atom. The van der Waals surface area contributed by atoms with E-state index >= 15 is 0 Å². The van der Waals surface area contributed by atoms with Crippen LogP contribution in [0.4, 0.5) is 0 Å². The summed E-state index contributed by atoms with van der Waals surface area (Å²) in [7, 11) is 0. The Hall–Kier alpha value is -5.72. The van der Waals surface area contributed by atoms with Crippen LogP contribution in [0.15, 0.2) is 164 Å². The molecule has 0 radical (unpaired) electrons. The van der Waals surface area contributed by atoms with Gasteiger partial charge in [-0.3, -0.25) is 0 Å². The van der Waals surface area contributed by atoms with E-state index in [4.69, 9.17) is 0 Å². The Morgan fingerprint density at radius 3 is 1.49 bits per heavy atom. The average molecular weight is 625 g/mol. The molecule has 1 atom stereocenters. The molecule has 0 saturated heterocycles. The highest BCUT2D eigenvalue weighted by molar-refractivity contribution is 5.95. The van der Waals surface area contributed by atoms with Crippen molar-refractivity contribution in [2.45, 2.75) is 31.6 Å². The van der Waals surface area contributed by atoms with Crippen molar-refractivity contribution in [1.82, 2.24) is 0 Å². The molecule has 8 aromatic carbocycles. The maximum absolute atomic E-state index is 2.52. The van der Waals surface area contributed by atoms with Gasteiger partial charge in [-0.2, -0.15) is 0 Å². The van der Waals surface area contributed by atoms with Crippen molar-refractivity contribution in [3.05, 3.63) is 192 Å². The van der Waals surface area contributed by atoms with Crippen LogP contribution in [-0.2, 0) is 10.8 Å². The van der Waals surface area contributed by atoms with Gasteiger partial charge >= 0.3 is 0 Å². The van der Waals surface area contributed by atoms with Crippen molar-refractivity contribution in [2.75, 3.05) is 0 Å². The highest BCUT2D eigenvalue weighted by Gasteiger charge is 2.46. The van der Waals surface area contributed by atoms with Crippen molar-refractivity contribution in [1.29, 1.82) is 0 Å². The van der Waals surface area contributed by atoms with Crippen LogP contribution in [0.25, 0.3) is 66.1 Å². The lowest BCUT2D eigenvalue weighted by Gasteiger charge is -2.32. The zero-order valence-electron chi connectivity index (χ0n) is 28.1. The predicted octanol–water partition coefficient (Wildman–Crippen LogP) is 13.0. The maximum Gasteiger partial charge on any atom is 0.0442 e. The first-order chi connectivity index (χ1) is 23.9. The Bertz CT molecular complexity index is 2650. The van der Waals surface area contributed by atoms with Gasteiger partial charge < -0.3 is 0 Å². The van der Waals surface area contributed by atoms with E-state index < -0.39 is 0 Å². The number of rotatable bonds is 3. The van der Waals surface area contributed by atoms with Crippen LogP contribution >= 0.6 is 0 Å². The lowest BCUT2D eigenvalue weighted by atomic mass is 9.70. The molecule has 0 bridgehead atoms. The van der Waals surface area contributed by atoms with Crippen molar-refractivity contribution in [3.8, 4) is 44.5 Å². The summed E-state index contributed by atoms with van der Waals surface area (Å²) in [6, 6.07) is 61.5. The standard InChI is InChI=1S/C49H36/c1-48(2)42-18-10-9-17-40(42)47-45(48)29-38(36-23-21-32-13-5-7-15-34(32)27-36)30-46(47)49(3)43-19-11-8-16-39(43)41-28-37(24-25-44(41)49)35-22-20-31-12-4-6-14-33(31)26-35/h4-30H,1-3H3. The first-order valence-corrected chi connectivity index (χ1v) is 17.4. The summed E-state index contributed by atoms with van der Waals surface area (Å²) in [5.74, 6) is 0. The minimum Gasteiger partial charge on any atom is -0.0619 e. The average Bonchev–Trinajstić information content (AvgIpc) is 3.55. The summed E-state index contributed by atoms with van der Waals surface area (Å²) in [6.07, 6.45) is 0. The number of hydrogen-bond acceptors (Lipinski definition) is 0. The Labute approximate surface area is 288 Å². The van der Waals surface area contributed by atoms with E-state index in [1.54, 1.807) is 0 Å². The van der Waals surface area contributed by atoms with Crippen LogP contribution < -0.4 is 0 Å². The monoisotopic (exact) mass is 624 g/mol. The molecule has 0 nitrogen and oxygen atoms in total. The van der Waals surface area contributed by atoms with Crippen LogP contribution in [-0.4, -0.2) is 0 Å². The highest BCUT2D eigenvalue weighted by Crippen LogP contribution is 2.59. The SMILES string of the molecule is CC1(C)c2ccccc2-c2c1cc(-c1ccc3ccccc3c1)cc2C1(C)c2ccccc2-c2cc(-c3ccc4ccccc4c3)ccc21. The molecular formula is C49H36. The second-order valence-corrected chi connectivity index (χ2v) is 14.7. The maximum atomic E-state index is 2.52. The van der Waals surface area contributed by atoms with E-state index in [0.717, 1.165) is 0 Å². The smallest absolute Gasteiger partial charge is 0.0442 e. The minimum atomic E-state index is -0.349. The van der Waals surface area contributed by atoms with Crippen molar-refractivity contribution < 1.29 is 0 Å². The molecule has 0 aliphatic heterocycles. The molecule has 0 fully saturated rings. The molecule has 0 heteroatoms. The summed E-state index contributed by atoms with van der Waals surface area (Å²) >= 11 is 0. The molecule has 232 valence electrons. The van der Waals surface area contributed by atoms with Gasteiger partial charge in [0.05, 0.1) is 0 Å². The zero-order valence-corrected chi connectivity index (χ0v) is 28.1. The number of hydrogen-bond donors (Lipinski definition) is 0. The second kappa shape index (κ2) is 10.1. The van der Waals surface area contributed by atoms with E-state index in [2.05, 4.69) is 185 Å². The quantitative estimate of drug-likeness (QED) is 0.183. The summed E-state index contributed by atoms with van der Waals surface area (Å²) in [5, 5.41) is 5.09. The largest absolute Gasteiger partial charge is 0.0619 e. The molecule has 2 aliphatic carbocycles. The third-order valence-electron chi connectivity index (χ3n) is 11.7. The molecule has 2 aliphatic rings. The van der Waals surface area contributed by atoms with E-state index in [1.165, 1.54) is 93.9 Å². The van der Waals surface area contributed by atoms with Gasteiger partial charge in [0.1, 0.15) is 0 Å². The predicted molar refractivity (Wildman–Crippen MR) is 207 cm³/mol. The summed E-state index contributed by atoms with van der Waals surface area (Å²) < 4.78 is 0. The van der Waals surface area contributed by atoms with E-state index in [0.29, 0.717) is 0 Å². The molecule has 8 aromatic rings. The minimum absolute atomic E-state index is 0.120. The van der Waals surface area contributed by atoms with Gasteiger partial charge in [-0.1, -0.05) is 147 Å². The van der Waals surface area contributed by atoms with Gasteiger partial charge in [-0.15, -0.1) is 0 Å². The van der Waals surface area contributed by atoms with Crippen molar-refractivity contribution in [3.63, 3.8) is 0 Å². The first-order valence-electron chi connectivity index (χ1n) is 17.4. The molecule has 0 heterocycles. The van der Waals surface area contributed by atoms with Crippen LogP contribution in [0, 0.1) is 0 Å². The molecule has 0 saturated carbocycles. The fourth-order valence-corrected chi connectivity index (χ4v) is 9.09. The Kier molecular flexibility index (Phi) is 5.86. The third-order valence-corrected chi connectivity index (χ3v) is 11.7. The highest BCUT2D eigenvalue weighted by atomic mass is 14.5. The topological polar surface area (TPSA) is 0 Å². The lowest BCUT2D eigenvalue weighted by Crippen LogP contribution is -2.24. The van der Waals surface area contributed by atoms with E-state index in [9.17, 15) is 0 Å². The van der Waals surface area contributed by atoms with Gasteiger partial charge in [0.25, 0.3) is 0 Å². The fourth-order valence-electron chi connectivity index (χ4n) is 9.09. The molecular weight excluding hydrogens is 589 g/mol. The molecule has 0 spiro atoms. The van der Waals surface area contributed by atoms with Gasteiger partial charge in [0.15, 0.2) is 0 Å². The Balaban J connectivity index is 1.25. The molecule has 0 amide bonds. The summed E-state index contributed by atoms with van der Waals surface area (Å²) in [5.41, 5.74) is 17.0. The molecule has 0 aromatic heterocycles. The van der Waals surface area contributed by atoms with Gasteiger partial charge in [-0.05, 0) is 131 Å². The molecule has 49 heavy (non-hydrogen) atoms. The summed E-state index contributed by atoms with van der Waals surface area (Å²) in [6.45, 7) is 7.28. The van der Waals surface area contributed by atoms with Gasteiger partial charge in [0.2, 0.25) is 0 Å². The summed E-state index contributed by atoms with van der Waals surface area (Å²) in [4.78, 5) is 0. The van der Waals surface area contributed by atoms with Gasteiger partial charge in [0, 0.05) is 10.8 Å². The Morgan fingerprint density at radius 1 is 0.306 bits per heavy atom. The van der Waals surface area contributed by atoms with Crippen molar-refractivity contribution >= 4 is 21.5 Å². The lowest BCUT2D eigenvalue weighted by molar-refractivity contribution is 0.656. The van der Waals surface area contributed by atoms with Crippen LogP contribution in [0.1, 0.15) is 48.6 Å². The zero-order chi connectivity index (χ0) is 32.9. The third kappa shape index (κ3) is 3.98. The normalized spacial score (nSPS) is 16.7. The van der Waals surface area contributed by atoms with Gasteiger partial charge in [-0.25, -0.2) is 0 Å².